The first kappa shape index (κ1) is 16.4. The van der Waals surface area contributed by atoms with Crippen LogP contribution in [0.5, 0.6) is 5.75 Å². The van der Waals surface area contributed by atoms with Gasteiger partial charge in [0, 0.05) is 18.0 Å². The summed E-state index contributed by atoms with van der Waals surface area (Å²) in [5.41, 5.74) is 6.78. The number of nitrogens with two attached hydrogens (primary N) is 1. The fraction of sp³-hybridized carbons (Fsp3) is 0.600. The molecule has 1 saturated carbocycles. The molecule has 5 heteroatoms. The Morgan fingerprint density at radius 1 is 1.24 bits per heavy atom. The second-order valence-electron chi connectivity index (χ2n) is 8.31. The lowest BCUT2D eigenvalue weighted by molar-refractivity contribution is -0.137. The Bertz CT molecular complexity index is 749. The second kappa shape index (κ2) is 5.48. The third-order valence-corrected chi connectivity index (χ3v) is 6.28. The summed E-state index contributed by atoms with van der Waals surface area (Å²) in [7, 11) is 1.70. The lowest BCUT2D eigenvalue weighted by Crippen LogP contribution is -2.53. The third kappa shape index (κ3) is 2.21. The van der Waals surface area contributed by atoms with Crippen LogP contribution in [0.2, 0.25) is 0 Å². The maximum atomic E-state index is 13.2. The van der Waals surface area contributed by atoms with E-state index in [0.717, 1.165) is 11.3 Å². The number of fused-ring (bicyclic) bond motifs is 2. The van der Waals surface area contributed by atoms with Crippen LogP contribution in [-0.4, -0.2) is 30.4 Å². The maximum Gasteiger partial charge on any atom is 0.262 e. The molecule has 1 aromatic rings. The summed E-state index contributed by atoms with van der Waals surface area (Å²) < 4.78 is 6.01. The zero-order valence-electron chi connectivity index (χ0n) is 15.3. The van der Waals surface area contributed by atoms with Crippen LogP contribution >= 0.6 is 0 Å². The quantitative estimate of drug-likeness (QED) is 0.853. The zero-order valence-corrected chi connectivity index (χ0v) is 15.3. The van der Waals surface area contributed by atoms with Crippen molar-refractivity contribution in [3.63, 3.8) is 0 Å². The molecule has 0 saturated heterocycles. The Hall–Kier alpha value is -2.04. The summed E-state index contributed by atoms with van der Waals surface area (Å²) in [5.74, 6) is 1.56. The van der Waals surface area contributed by atoms with E-state index in [-0.39, 0.29) is 11.9 Å². The molecule has 5 nitrogen and oxygen atoms in total. The number of likely N-dealkylation sites (N-methyl/N-ethyl adjacent to an activating group) is 1. The molecule has 4 rings (SSSR count). The first-order valence-electron chi connectivity index (χ1n) is 9.27. The number of rotatable bonds is 1. The molecule has 1 fully saturated rings. The summed E-state index contributed by atoms with van der Waals surface area (Å²) in [6.07, 6.45) is 6.32. The lowest BCUT2D eigenvalue weighted by Gasteiger charge is -2.44. The Kier molecular flexibility index (Phi) is 3.60. The van der Waals surface area contributed by atoms with Gasteiger partial charge in [0.25, 0.3) is 5.91 Å². The summed E-state index contributed by atoms with van der Waals surface area (Å²) >= 11 is 0. The van der Waals surface area contributed by atoms with Crippen LogP contribution in [0, 0.1) is 5.41 Å². The first-order chi connectivity index (χ1) is 11.9. The molecule has 1 atom stereocenters. The van der Waals surface area contributed by atoms with Gasteiger partial charge in [-0.1, -0.05) is 39.2 Å². The highest BCUT2D eigenvalue weighted by Crippen LogP contribution is 2.53. The standard InChI is InChI=1S/C20H27N3O2/c1-19(2)12-25-16-10-9-14(13-7-5-4-6-8-13)11-15(16)20(19)17(24)23(3)18(21)22-20/h9-11,13H,4-8,12H2,1-3H3,(H2,21,22). The Balaban J connectivity index is 1.87. The van der Waals surface area contributed by atoms with Crippen LogP contribution in [0.4, 0.5) is 0 Å². The van der Waals surface area contributed by atoms with Crippen molar-refractivity contribution in [3.8, 4) is 5.75 Å². The van der Waals surface area contributed by atoms with E-state index >= 15 is 0 Å². The van der Waals surface area contributed by atoms with Gasteiger partial charge in [0.1, 0.15) is 5.75 Å². The molecule has 3 aliphatic rings. The van der Waals surface area contributed by atoms with Gasteiger partial charge in [-0.05, 0) is 36.5 Å². The van der Waals surface area contributed by atoms with E-state index in [1.165, 1.54) is 42.6 Å². The summed E-state index contributed by atoms with van der Waals surface area (Å²) in [4.78, 5) is 19.4. The highest BCUT2D eigenvalue weighted by Gasteiger charge is 2.61. The monoisotopic (exact) mass is 341 g/mol. The van der Waals surface area contributed by atoms with Gasteiger partial charge >= 0.3 is 0 Å². The normalized spacial score (nSPS) is 28.7. The number of carbonyl (C=O) groups is 1. The molecular formula is C20H27N3O2. The topological polar surface area (TPSA) is 67.9 Å². The van der Waals surface area contributed by atoms with Crippen molar-refractivity contribution in [2.75, 3.05) is 13.7 Å². The molecule has 2 N–H and O–H groups in total. The van der Waals surface area contributed by atoms with Gasteiger partial charge in [0.05, 0.1) is 6.61 Å². The fourth-order valence-electron chi connectivity index (χ4n) is 4.63. The van der Waals surface area contributed by atoms with Crippen LogP contribution < -0.4 is 10.5 Å². The van der Waals surface area contributed by atoms with Gasteiger partial charge in [-0.2, -0.15) is 0 Å². The lowest BCUT2D eigenvalue weighted by atomic mass is 9.66. The number of ether oxygens (including phenoxy) is 1. The Morgan fingerprint density at radius 3 is 2.60 bits per heavy atom. The summed E-state index contributed by atoms with van der Waals surface area (Å²) in [6, 6.07) is 6.35. The number of aliphatic imine (C=N–C) groups is 1. The summed E-state index contributed by atoms with van der Waals surface area (Å²) in [5, 5.41) is 0. The van der Waals surface area contributed by atoms with Crippen LogP contribution in [0.1, 0.15) is 63.0 Å². The number of hydrogen-bond acceptors (Lipinski definition) is 4. The van der Waals surface area contributed by atoms with Crippen molar-refractivity contribution >= 4 is 11.9 Å². The average Bonchev–Trinajstić information content (AvgIpc) is 2.85. The molecule has 2 aliphatic heterocycles. The van der Waals surface area contributed by atoms with Crippen molar-refractivity contribution in [3.05, 3.63) is 29.3 Å². The highest BCUT2D eigenvalue weighted by atomic mass is 16.5. The predicted octanol–water partition coefficient (Wildman–Crippen LogP) is 3.13. The number of nitrogens with zero attached hydrogens (tertiary/aromatic N) is 2. The molecule has 1 unspecified atom stereocenters. The minimum Gasteiger partial charge on any atom is -0.493 e. The molecule has 134 valence electrons. The largest absolute Gasteiger partial charge is 0.493 e. The SMILES string of the molecule is CN1C(=O)C2(N=C1N)c1cc(C3CCCCC3)ccc1OCC2(C)C. The van der Waals surface area contributed by atoms with E-state index in [0.29, 0.717) is 12.5 Å². The van der Waals surface area contributed by atoms with Gasteiger partial charge in [-0.15, -0.1) is 0 Å². The molecule has 0 aromatic heterocycles. The third-order valence-electron chi connectivity index (χ3n) is 6.28. The van der Waals surface area contributed by atoms with Crippen molar-refractivity contribution in [2.45, 2.75) is 57.4 Å². The number of benzene rings is 1. The van der Waals surface area contributed by atoms with E-state index in [2.05, 4.69) is 12.1 Å². The molecule has 1 amide bonds. The van der Waals surface area contributed by atoms with Gasteiger partial charge in [-0.25, -0.2) is 4.99 Å². The van der Waals surface area contributed by atoms with E-state index in [1.807, 2.05) is 19.9 Å². The molecule has 1 aliphatic carbocycles. The smallest absolute Gasteiger partial charge is 0.262 e. The van der Waals surface area contributed by atoms with Gasteiger partial charge in [0.2, 0.25) is 0 Å². The van der Waals surface area contributed by atoms with Gasteiger partial charge < -0.3 is 10.5 Å². The molecule has 0 radical (unpaired) electrons. The van der Waals surface area contributed by atoms with Crippen molar-refractivity contribution < 1.29 is 9.53 Å². The molecule has 25 heavy (non-hydrogen) atoms. The van der Waals surface area contributed by atoms with Crippen LogP contribution in [0.3, 0.4) is 0 Å². The molecule has 2 heterocycles. The fourth-order valence-corrected chi connectivity index (χ4v) is 4.63. The molecule has 1 spiro atoms. The van der Waals surface area contributed by atoms with Crippen molar-refractivity contribution in [1.82, 2.24) is 4.90 Å². The van der Waals surface area contributed by atoms with E-state index in [1.54, 1.807) is 7.05 Å². The van der Waals surface area contributed by atoms with E-state index in [9.17, 15) is 4.79 Å². The van der Waals surface area contributed by atoms with Crippen molar-refractivity contribution in [1.29, 1.82) is 0 Å². The average molecular weight is 341 g/mol. The summed E-state index contributed by atoms with van der Waals surface area (Å²) in [6.45, 7) is 4.52. The first-order valence-corrected chi connectivity index (χ1v) is 9.27. The molecular weight excluding hydrogens is 314 g/mol. The van der Waals surface area contributed by atoms with Crippen LogP contribution in [0.15, 0.2) is 23.2 Å². The second-order valence-corrected chi connectivity index (χ2v) is 8.31. The van der Waals surface area contributed by atoms with Crippen molar-refractivity contribution in [2.24, 2.45) is 16.1 Å². The zero-order chi connectivity index (χ0) is 17.8. The minimum absolute atomic E-state index is 0.0552. The number of carbonyl (C=O) groups excluding carboxylic acids is 1. The number of amides is 1. The molecule has 0 bridgehead atoms. The molecule has 1 aromatic carbocycles. The van der Waals surface area contributed by atoms with Crippen LogP contribution in [-0.2, 0) is 10.3 Å². The Morgan fingerprint density at radius 2 is 1.96 bits per heavy atom. The highest BCUT2D eigenvalue weighted by molar-refractivity contribution is 6.08. The van der Waals surface area contributed by atoms with E-state index in [4.69, 9.17) is 15.5 Å². The predicted molar refractivity (Wildman–Crippen MR) is 97.6 cm³/mol. The number of hydrogen-bond donors (Lipinski definition) is 1. The number of guanidine groups is 1. The maximum absolute atomic E-state index is 13.2. The van der Waals surface area contributed by atoms with E-state index < -0.39 is 11.0 Å². The van der Waals surface area contributed by atoms with Crippen LogP contribution in [0.25, 0.3) is 0 Å². The Labute approximate surface area is 149 Å². The van der Waals surface area contributed by atoms with Gasteiger partial charge in [-0.3, -0.25) is 9.69 Å². The van der Waals surface area contributed by atoms with Gasteiger partial charge in [0.15, 0.2) is 11.5 Å². The minimum atomic E-state index is -0.982.